The lowest BCUT2D eigenvalue weighted by Crippen LogP contribution is -2.37. The van der Waals surface area contributed by atoms with Crippen LogP contribution in [0.25, 0.3) is 11.3 Å². The number of benzene rings is 2. The van der Waals surface area contributed by atoms with Crippen LogP contribution >= 0.6 is 0 Å². The number of amides is 1. The van der Waals surface area contributed by atoms with Crippen LogP contribution in [-0.2, 0) is 20.7 Å². The lowest BCUT2D eigenvalue weighted by atomic mass is 9.75. The molecule has 2 aromatic carbocycles. The van der Waals surface area contributed by atoms with E-state index in [9.17, 15) is 19.2 Å². The molecule has 4 rings (SSSR count). The van der Waals surface area contributed by atoms with Crippen LogP contribution < -0.4 is 16.3 Å². The number of aromatic amines is 2. The second-order valence-corrected chi connectivity index (χ2v) is 9.54. The highest BCUT2D eigenvalue weighted by atomic mass is 16.5. The number of hydrogen-bond donors (Lipinski definition) is 3. The summed E-state index contributed by atoms with van der Waals surface area (Å²) >= 11 is 0. The monoisotopic (exact) mass is 538 g/mol. The molecule has 40 heavy (non-hydrogen) atoms. The fraction of sp³-hybridized carbons (Fsp3) is 0.258. The first-order valence-corrected chi connectivity index (χ1v) is 12.9. The Bertz CT molecular complexity index is 1690. The summed E-state index contributed by atoms with van der Waals surface area (Å²) in [6, 6.07) is 14.1. The Labute approximate surface area is 231 Å². The minimum absolute atomic E-state index is 0.328. The third-order valence-electron chi connectivity index (χ3n) is 6.95. The van der Waals surface area contributed by atoms with Crippen molar-refractivity contribution in [3.05, 3.63) is 97.1 Å². The number of terminal acetylenes is 1. The van der Waals surface area contributed by atoms with E-state index >= 15 is 0 Å². The number of aliphatic imine (C=N–C) groups is 1. The normalized spacial score (nSPS) is 16.6. The van der Waals surface area contributed by atoms with E-state index in [0.717, 1.165) is 0 Å². The van der Waals surface area contributed by atoms with Crippen LogP contribution in [-0.4, -0.2) is 34.9 Å². The summed E-state index contributed by atoms with van der Waals surface area (Å²) in [5, 5.41) is 8.11. The van der Waals surface area contributed by atoms with Gasteiger partial charge in [-0.25, -0.2) is 0 Å². The molecule has 1 aliphatic heterocycles. The third-order valence-corrected chi connectivity index (χ3v) is 6.95. The number of carbonyl (C=O) groups excluding carboxylic acids is 2. The highest BCUT2D eigenvalue weighted by molar-refractivity contribution is 6.11. The van der Waals surface area contributed by atoms with Gasteiger partial charge in [0.2, 0.25) is 5.43 Å². The summed E-state index contributed by atoms with van der Waals surface area (Å²) < 4.78 is 5.09. The first-order chi connectivity index (χ1) is 19.2. The number of hydrogen-bond acceptors (Lipinski definition) is 6. The molecule has 0 fully saturated rings. The summed E-state index contributed by atoms with van der Waals surface area (Å²) in [4.78, 5) is 55.4. The van der Waals surface area contributed by atoms with Crippen molar-refractivity contribution in [2.75, 3.05) is 12.4 Å². The molecule has 0 aliphatic carbocycles. The van der Waals surface area contributed by atoms with Crippen LogP contribution in [0, 0.1) is 18.3 Å². The highest BCUT2D eigenvalue weighted by Gasteiger charge is 2.41. The van der Waals surface area contributed by atoms with Crippen LogP contribution in [0.1, 0.15) is 49.8 Å². The van der Waals surface area contributed by atoms with E-state index < -0.39 is 34.7 Å². The molecule has 9 heteroatoms. The number of allylic oxidation sites excluding steroid dienone is 1. The van der Waals surface area contributed by atoms with Crippen molar-refractivity contribution in [2.45, 2.75) is 39.5 Å². The van der Waals surface area contributed by atoms with E-state index in [0.29, 0.717) is 63.5 Å². The Balaban J connectivity index is 1.70. The predicted molar refractivity (Wildman–Crippen MR) is 154 cm³/mol. The van der Waals surface area contributed by atoms with Gasteiger partial charge >= 0.3 is 11.5 Å². The van der Waals surface area contributed by atoms with Crippen molar-refractivity contribution in [3.63, 3.8) is 0 Å². The standard InChI is InChI=1S/C31H30N4O5/c1-6-9-23-27(34-35-30(38)28(23)36)20-12-14-22(15-13-20)33-29(37)24-17(3)32-18(4)25(31(39)40-5)26(24)21-11-8-10-19(7-2)16-21/h2,8,10-16,25-26H,6,9H2,1,3-5H3,(H,33,37)(H,34,36)(H,35,38). The SMILES string of the molecule is C#Cc1cccc(C2C(C(=O)Nc3ccc(-c4[nH][nH]c(=O)c(=O)c4CCC)cc3)=C(C)N=C(C)C2C(=O)OC)c1. The Morgan fingerprint density at radius 3 is 2.48 bits per heavy atom. The van der Waals surface area contributed by atoms with Crippen molar-refractivity contribution in [1.82, 2.24) is 10.2 Å². The van der Waals surface area contributed by atoms with Crippen molar-refractivity contribution in [2.24, 2.45) is 10.9 Å². The largest absolute Gasteiger partial charge is 0.468 e. The minimum Gasteiger partial charge on any atom is -0.468 e. The van der Waals surface area contributed by atoms with Crippen molar-refractivity contribution < 1.29 is 14.3 Å². The summed E-state index contributed by atoms with van der Waals surface area (Å²) in [6.45, 7) is 5.40. The van der Waals surface area contributed by atoms with Crippen LogP contribution in [0.5, 0.6) is 0 Å². The minimum atomic E-state index is -0.807. The van der Waals surface area contributed by atoms with Crippen LogP contribution in [0.15, 0.2) is 74.4 Å². The maximum Gasteiger partial charge on any atom is 0.315 e. The van der Waals surface area contributed by atoms with Gasteiger partial charge in [-0.3, -0.25) is 34.4 Å². The Hall–Kier alpha value is -4.97. The number of nitrogens with one attached hydrogen (secondary N) is 3. The van der Waals surface area contributed by atoms with E-state index in [2.05, 4.69) is 26.4 Å². The number of aromatic nitrogens is 2. The van der Waals surface area contributed by atoms with Gasteiger partial charge in [-0.15, -0.1) is 6.42 Å². The smallest absolute Gasteiger partial charge is 0.315 e. The number of carbonyl (C=O) groups is 2. The fourth-order valence-electron chi connectivity index (χ4n) is 5.10. The fourth-order valence-corrected chi connectivity index (χ4v) is 5.10. The number of ether oxygens (including phenoxy) is 1. The summed E-state index contributed by atoms with van der Waals surface area (Å²) in [5.74, 6) is 0.207. The highest BCUT2D eigenvalue weighted by Crippen LogP contribution is 2.40. The molecule has 9 nitrogen and oxygen atoms in total. The molecule has 0 spiro atoms. The van der Waals surface area contributed by atoms with Crippen LogP contribution in [0.4, 0.5) is 5.69 Å². The molecule has 3 aromatic rings. The molecule has 2 heterocycles. The van der Waals surface area contributed by atoms with Crippen molar-refractivity contribution in [3.8, 4) is 23.6 Å². The van der Waals surface area contributed by atoms with Gasteiger partial charge in [-0.05, 0) is 55.7 Å². The Morgan fingerprint density at radius 1 is 1.10 bits per heavy atom. The lowest BCUT2D eigenvalue weighted by Gasteiger charge is -2.31. The van der Waals surface area contributed by atoms with Gasteiger partial charge in [-0.1, -0.05) is 43.5 Å². The van der Waals surface area contributed by atoms with Crippen molar-refractivity contribution in [1.29, 1.82) is 0 Å². The zero-order valence-electron chi connectivity index (χ0n) is 22.8. The molecule has 2 unspecified atom stereocenters. The average Bonchev–Trinajstić information content (AvgIpc) is 2.95. The Kier molecular flexibility index (Phi) is 8.29. The van der Waals surface area contributed by atoms with Gasteiger partial charge in [0.25, 0.3) is 5.91 Å². The molecule has 3 N–H and O–H groups in total. The molecule has 2 atom stereocenters. The molecular formula is C31H30N4O5. The molecule has 0 saturated carbocycles. The van der Waals surface area contributed by atoms with Crippen LogP contribution in [0.2, 0.25) is 0 Å². The van der Waals surface area contributed by atoms with Gasteiger partial charge < -0.3 is 10.1 Å². The Morgan fingerprint density at radius 2 is 1.82 bits per heavy atom. The lowest BCUT2D eigenvalue weighted by molar-refractivity contribution is -0.143. The zero-order valence-corrected chi connectivity index (χ0v) is 22.8. The number of esters is 1. The molecular weight excluding hydrogens is 508 g/mol. The van der Waals surface area contributed by atoms with E-state index in [1.807, 2.05) is 13.0 Å². The number of nitrogens with zero attached hydrogens (tertiary/aromatic N) is 1. The van der Waals surface area contributed by atoms with Gasteiger partial charge in [0.15, 0.2) is 0 Å². The molecule has 1 aromatic heterocycles. The number of H-pyrrole nitrogens is 2. The number of rotatable bonds is 7. The second-order valence-electron chi connectivity index (χ2n) is 9.54. The molecule has 0 saturated heterocycles. The molecule has 0 bridgehead atoms. The molecule has 0 radical (unpaired) electrons. The maximum absolute atomic E-state index is 13.7. The van der Waals surface area contributed by atoms with Gasteiger partial charge in [0.1, 0.15) is 5.92 Å². The van der Waals surface area contributed by atoms with Crippen molar-refractivity contribution >= 4 is 23.3 Å². The van der Waals surface area contributed by atoms with E-state index in [4.69, 9.17) is 11.2 Å². The first-order valence-electron chi connectivity index (χ1n) is 12.9. The quantitative estimate of drug-likeness (QED) is 0.238. The van der Waals surface area contributed by atoms with Crippen LogP contribution in [0.3, 0.4) is 0 Å². The molecule has 1 aliphatic rings. The van der Waals surface area contributed by atoms with Gasteiger partial charge in [-0.2, -0.15) is 0 Å². The molecule has 204 valence electrons. The topological polar surface area (TPSA) is 133 Å². The third kappa shape index (κ3) is 5.43. The average molecular weight is 539 g/mol. The predicted octanol–water partition coefficient (Wildman–Crippen LogP) is 3.92. The maximum atomic E-state index is 13.7. The first kappa shape index (κ1) is 28.0. The number of anilines is 1. The van der Waals surface area contributed by atoms with E-state index in [-0.39, 0.29) is 0 Å². The van der Waals surface area contributed by atoms with E-state index in [1.165, 1.54) is 7.11 Å². The second kappa shape index (κ2) is 11.8. The molecule has 1 amide bonds. The van der Waals surface area contributed by atoms with E-state index in [1.54, 1.807) is 56.3 Å². The number of methoxy groups -OCH3 is 1. The van der Waals surface area contributed by atoms with Gasteiger partial charge in [0.05, 0.1) is 12.8 Å². The zero-order chi connectivity index (χ0) is 29.0. The summed E-state index contributed by atoms with van der Waals surface area (Å²) in [5.41, 5.74) is 3.52. The summed E-state index contributed by atoms with van der Waals surface area (Å²) in [7, 11) is 1.30. The van der Waals surface area contributed by atoms with Gasteiger partial charge in [0, 0.05) is 39.7 Å². The summed E-state index contributed by atoms with van der Waals surface area (Å²) in [6.07, 6.45) is 6.77.